The number of benzene rings is 1. The minimum Gasteiger partial charge on any atom is -0.480 e. The molecule has 0 aromatic heterocycles. The monoisotopic (exact) mass is 215 g/mol. The van der Waals surface area contributed by atoms with E-state index in [1.165, 1.54) is 0 Å². The summed E-state index contributed by atoms with van der Waals surface area (Å²) in [5, 5.41) is 9.05. The number of rotatable bonds is 2. The first-order valence-corrected chi connectivity index (χ1v) is 4.73. The van der Waals surface area contributed by atoms with Crippen LogP contribution < -0.4 is 5.73 Å². The van der Waals surface area contributed by atoms with Gasteiger partial charge in [0.1, 0.15) is 6.04 Å². The van der Waals surface area contributed by atoms with Gasteiger partial charge in [0.05, 0.1) is 0 Å². The molecule has 0 bridgehead atoms. The van der Waals surface area contributed by atoms with Crippen molar-refractivity contribution in [2.45, 2.75) is 19.9 Å². The molecule has 4 heteroatoms. The number of halogens is 1. The predicted octanol–water partition coefficient (Wildman–Crippen LogP) is 2.45. The lowest BCUT2D eigenvalue weighted by Gasteiger charge is -2.05. The van der Waals surface area contributed by atoms with E-state index in [-0.39, 0.29) is 0 Å². The molecule has 0 spiro atoms. The van der Waals surface area contributed by atoms with Gasteiger partial charge in [-0.2, -0.15) is 0 Å². The Morgan fingerprint density at radius 1 is 1.50 bits per heavy atom. The largest absolute Gasteiger partial charge is 0.480 e. The van der Waals surface area contributed by atoms with Crippen molar-refractivity contribution in [2.24, 2.45) is 5.73 Å². The molecular weight excluding hydrogens is 202 g/mol. The third-order valence-electron chi connectivity index (χ3n) is 1.47. The first-order chi connectivity index (χ1) is 6.61. The minimum atomic E-state index is -1.06. The Bertz CT molecular complexity index is 302. The fourth-order valence-electron chi connectivity index (χ4n) is 0.843. The van der Waals surface area contributed by atoms with Gasteiger partial charge in [-0.05, 0) is 17.7 Å². The molecule has 0 radical (unpaired) electrons. The minimum absolute atomic E-state index is 0.490. The second kappa shape index (κ2) is 6.40. The van der Waals surface area contributed by atoms with Gasteiger partial charge in [0.15, 0.2) is 0 Å². The van der Waals surface area contributed by atoms with E-state index in [0.717, 1.165) is 0 Å². The van der Waals surface area contributed by atoms with Crippen LogP contribution in [0.5, 0.6) is 0 Å². The second-order valence-corrected chi connectivity index (χ2v) is 2.81. The van der Waals surface area contributed by atoms with Crippen LogP contribution in [0.25, 0.3) is 0 Å². The highest BCUT2D eigenvalue weighted by Gasteiger charge is 2.13. The Labute approximate surface area is 88.5 Å². The van der Waals surface area contributed by atoms with Crippen molar-refractivity contribution in [3.05, 3.63) is 34.9 Å². The predicted molar refractivity (Wildman–Crippen MR) is 57.4 cm³/mol. The number of aliphatic carboxylic acids is 1. The molecule has 0 aliphatic rings. The molecule has 1 rings (SSSR count). The molecule has 0 aliphatic heterocycles. The molecule has 0 saturated heterocycles. The van der Waals surface area contributed by atoms with E-state index in [2.05, 4.69) is 0 Å². The average molecular weight is 216 g/mol. The summed E-state index contributed by atoms with van der Waals surface area (Å²) in [5.41, 5.74) is 5.86. The van der Waals surface area contributed by atoms with Gasteiger partial charge < -0.3 is 10.8 Å². The van der Waals surface area contributed by atoms with Crippen molar-refractivity contribution in [3.63, 3.8) is 0 Å². The van der Waals surface area contributed by atoms with E-state index >= 15 is 0 Å². The van der Waals surface area contributed by atoms with E-state index in [1.54, 1.807) is 24.3 Å². The Morgan fingerprint density at radius 2 is 2.07 bits per heavy atom. The van der Waals surface area contributed by atoms with E-state index in [0.29, 0.717) is 10.6 Å². The molecule has 3 N–H and O–H groups in total. The summed E-state index contributed by atoms with van der Waals surface area (Å²) < 4.78 is 0. The first kappa shape index (κ1) is 12.9. The molecule has 78 valence electrons. The topological polar surface area (TPSA) is 63.3 Å². The van der Waals surface area contributed by atoms with Crippen molar-refractivity contribution >= 4 is 17.6 Å². The molecule has 0 saturated carbocycles. The van der Waals surface area contributed by atoms with E-state index < -0.39 is 12.0 Å². The van der Waals surface area contributed by atoms with Crippen LogP contribution in [0.1, 0.15) is 25.5 Å². The molecule has 0 fully saturated rings. The highest BCUT2D eigenvalue weighted by Crippen LogP contribution is 2.15. The van der Waals surface area contributed by atoms with Gasteiger partial charge in [0.25, 0.3) is 0 Å². The van der Waals surface area contributed by atoms with Gasteiger partial charge in [-0.1, -0.05) is 37.6 Å². The molecule has 1 aromatic carbocycles. The SMILES string of the molecule is CC.NC(C(=O)O)c1cccc(Cl)c1. The van der Waals surface area contributed by atoms with E-state index in [4.69, 9.17) is 22.4 Å². The zero-order valence-electron chi connectivity index (χ0n) is 8.20. The zero-order valence-corrected chi connectivity index (χ0v) is 8.95. The molecule has 1 unspecified atom stereocenters. The Balaban J connectivity index is 0.000000791. The third-order valence-corrected chi connectivity index (χ3v) is 1.71. The summed E-state index contributed by atoms with van der Waals surface area (Å²) in [5.74, 6) is -1.06. The van der Waals surface area contributed by atoms with Crippen LogP contribution in [0.4, 0.5) is 0 Å². The van der Waals surface area contributed by atoms with Gasteiger partial charge in [0.2, 0.25) is 0 Å². The van der Waals surface area contributed by atoms with Crippen LogP contribution in [0, 0.1) is 0 Å². The zero-order chi connectivity index (χ0) is 11.1. The lowest BCUT2D eigenvalue weighted by atomic mass is 10.1. The van der Waals surface area contributed by atoms with Crippen molar-refractivity contribution in [1.29, 1.82) is 0 Å². The molecule has 0 heterocycles. The number of hydrogen-bond acceptors (Lipinski definition) is 2. The molecule has 1 aromatic rings. The van der Waals surface area contributed by atoms with Crippen LogP contribution in [0.2, 0.25) is 5.02 Å². The molecular formula is C10H14ClNO2. The number of carbonyl (C=O) groups is 1. The van der Waals surface area contributed by atoms with Crippen LogP contribution in [-0.2, 0) is 4.79 Å². The van der Waals surface area contributed by atoms with Gasteiger partial charge in [-0.25, -0.2) is 0 Å². The van der Waals surface area contributed by atoms with E-state index in [1.807, 2.05) is 13.8 Å². The Kier molecular flexibility index (Phi) is 5.92. The lowest BCUT2D eigenvalue weighted by Crippen LogP contribution is -2.20. The van der Waals surface area contributed by atoms with Crippen molar-refractivity contribution in [3.8, 4) is 0 Å². The van der Waals surface area contributed by atoms with Crippen LogP contribution in [0.15, 0.2) is 24.3 Å². The number of nitrogens with two attached hydrogens (primary N) is 1. The van der Waals surface area contributed by atoms with Crippen molar-refractivity contribution in [2.75, 3.05) is 0 Å². The second-order valence-electron chi connectivity index (χ2n) is 2.37. The number of carboxylic acid groups (broad SMARTS) is 1. The van der Waals surface area contributed by atoms with Gasteiger partial charge in [-0.15, -0.1) is 0 Å². The number of hydrogen-bond donors (Lipinski definition) is 2. The maximum Gasteiger partial charge on any atom is 0.325 e. The summed E-state index contributed by atoms with van der Waals surface area (Å²) >= 11 is 5.65. The average Bonchev–Trinajstić information content (AvgIpc) is 2.19. The lowest BCUT2D eigenvalue weighted by molar-refractivity contribution is -0.138. The van der Waals surface area contributed by atoms with Crippen molar-refractivity contribution < 1.29 is 9.90 Å². The summed E-state index contributed by atoms with van der Waals surface area (Å²) in [6, 6.07) is 5.51. The molecule has 1 atom stereocenters. The normalized spacial score (nSPS) is 11.1. The summed E-state index contributed by atoms with van der Waals surface area (Å²) in [6.07, 6.45) is 0. The summed E-state index contributed by atoms with van der Waals surface area (Å²) in [4.78, 5) is 10.4. The highest BCUT2D eigenvalue weighted by molar-refractivity contribution is 6.30. The molecule has 3 nitrogen and oxygen atoms in total. The summed E-state index contributed by atoms with van der Waals surface area (Å²) in [6.45, 7) is 4.00. The Hall–Kier alpha value is -1.06. The van der Waals surface area contributed by atoms with Crippen LogP contribution in [0.3, 0.4) is 0 Å². The molecule has 0 amide bonds. The van der Waals surface area contributed by atoms with Crippen LogP contribution >= 0.6 is 11.6 Å². The Morgan fingerprint density at radius 3 is 2.50 bits per heavy atom. The first-order valence-electron chi connectivity index (χ1n) is 4.35. The highest BCUT2D eigenvalue weighted by atomic mass is 35.5. The maximum absolute atomic E-state index is 10.4. The maximum atomic E-state index is 10.4. The van der Waals surface area contributed by atoms with Gasteiger partial charge >= 0.3 is 5.97 Å². The van der Waals surface area contributed by atoms with E-state index in [9.17, 15) is 4.79 Å². The standard InChI is InChI=1S/C8H8ClNO2.C2H6/c9-6-3-1-2-5(4-6)7(10)8(11)12;1-2/h1-4,7H,10H2,(H,11,12);1-2H3. The van der Waals surface area contributed by atoms with Crippen molar-refractivity contribution in [1.82, 2.24) is 0 Å². The summed E-state index contributed by atoms with van der Waals surface area (Å²) in [7, 11) is 0. The van der Waals surface area contributed by atoms with Gasteiger partial charge in [0, 0.05) is 5.02 Å². The quantitative estimate of drug-likeness (QED) is 0.797. The third kappa shape index (κ3) is 3.77. The smallest absolute Gasteiger partial charge is 0.325 e. The number of carboxylic acids is 1. The van der Waals surface area contributed by atoms with Gasteiger partial charge in [-0.3, -0.25) is 4.79 Å². The fourth-order valence-corrected chi connectivity index (χ4v) is 1.04. The molecule has 0 aliphatic carbocycles. The fraction of sp³-hybridized carbons (Fsp3) is 0.300. The van der Waals surface area contributed by atoms with Crippen LogP contribution in [-0.4, -0.2) is 11.1 Å². The molecule has 14 heavy (non-hydrogen) atoms.